The molecule has 35 heavy (non-hydrogen) atoms. The van der Waals surface area contributed by atoms with Crippen molar-refractivity contribution < 1.29 is 4.79 Å². The molecule has 2 aromatic rings. The number of rotatable bonds is 6. The molecule has 0 radical (unpaired) electrons. The van der Waals surface area contributed by atoms with Crippen molar-refractivity contribution in [3.8, 4) is 11.3 Å². The number of piperidine rings is 1. The van der Waals surface area contributed by atoms with Crippen molar-refractivity contribution in [2.75, 3.05) is 13.1 Å². The molecule has 1 fully saturated rings. The molecule has 0 unspecified atom stereocenters. The second-order valence-corrected chi connectivity index (χ2v) is 9.94. The van der Waals surface area contributed by atoms with Crippen molar-refractivity contribution in [1.29, 1.82) is 0 Å². The van der Waals surface area contributed by atoms with Crippen molar-refractivity contribution in [1.82, 2.24) is 14.9 Å². The highest BCUT2D eigenvalue weighted by Gasteiger charge is 2.26. The first-order chi connectivity index (χ1) is 16.6. The molecule has 1 saturated heterocycles. The van der Waals surface area contributed by atoms with Crippen LogP contribution >= 0.6 is 0 Å². The number of nitrogens with one attached hydrogen (secondary N) is 1. The second kappa shape index (κ2) is 11.5. The number of aromatic amines is 1. The number of hydrogen-bond acceptors (Lipinski definition) is 3. The first-order valence-electron chi connectivity index (χ1n) is 12.6. The predicted octanol–water partition coefficient (Wildman–Crippen LogP) is 7.05. The lowest BCUT2D eigenvalue weighted by molar-refractivity contribution is 0.0702. The highest BCUT2D eigenvalue weighted by atomic mass is 16.2. The quantitative estimate of drug-likeness (QED) is 0.362. The van der Waals surface area contributed by atoms with E-state index in [1.54, 1.807) is 0 Å². The zero-order valence-electron chi connectivity index (χ0n) is 22.6. The van der Waals surface area contributed by atoms with E-state index in [9.17, 15) is 4.79 Å². The molecule has 1 aromatic carbocycles. The Morgan fingerprint density at radius 3 is 2.34 bits per heavy atom. The average Bonchev–Trinajstić information content (AvgIpc) is 3.14. The van der Waals surface area contributed by atoms with E-state index in [1.807, 2.05) is 51.8 Å². The van der Waals surface area contributed by atoms with Crippen molar-refractivity contribution in [2.24, 2.45) is 10.9 Å². The number of benzene rings is 1. The fraction of sp³-hybridized carbons (Fsp3) is 0.433. The Morgan fingerprint density at radius 1 is 1.09 bits per heavy atom. The number of hydrogen-bond donors (Lipinski definition) is 1. The number of imidazole rings is 1. The summed E-state index contributed by atoms with van der Waals surface area (Å²) in [5, 5.41) is 0. The van der Waals surface area contributed by atoms with Gasteiger partial charge in [0.2, 0.25) is 0 Å². The highest BCUT2D eigenvalue weighted by molar-refractivity contribution is 5.97. The molecule has 186 valence electrons. The molecule has 5 heteroatoms. The topological polar surface area (TPSA) is 61.4 Å². The molecule has 1 aliphatic rings. The summed E-state index contributed by atoms with van der Waals surface area (Å²) in [4.78, 5) is 28.0. The van der Waals surface area contributed by atoms with Crippen LogP contribution in [0.5, 0.6) is 0 Å². The molecule has 2 heterocycles. The van der Waals surface area contributed by atoms with Gasteiger partial charge in [0.05, 0.1) is 5.69 Å². The van der Waals surface area contributed by atoms with Crippen molar-refractivity contribution >= 4 is 11.6 Å². The summed E-state index contributed by atoms with van der Waals surface area (Å²) >= 11 is 0. The molecule has 1 aliphatic heterocycles. The molecule has 0 aliphatic carbocycles. The summed E-state index contributed by atoms with van der Waals surface area (Å²) in [7, 11) is 0. The number of likely N-dealkylation sites (tertiary alicyclic amines) is 1. The van der Waals surface area contributed by atoms with Gasteiger partial charge in [-0.15, -0.1) is 0 Å². The van der Waals surface area contributed by atoms with Gasteiger partial charge in [-0.05, 0) is 102 Å². The van der Waals surface area contributed by atoms with Crippen LogP contribution in [0.4, 0.5) is 0 Å². The monoisotopic (exact) mass is 472 g/mol. The Labute approximate surface area is 210 Å². The Kier molecular flexibility index (Phi) is 8.66. The Balaban J connectivity index is 1.79. The van der Waals surface area contributed by atoms with Gasteiger partial charge in [-0.25, -0.2) is 4.98 Å². The lowest BCUT2D eigenvalue weighted by atomic mass is 9.87. The number of H-pyrrole nitrogens is 1. The van der Waals surface area contributed by atoms with Crippen LogP contribution in [0.25, 0.3) is 11.3 Å². The zero-order chi connectivity index (χ0) is 25.7. The third kappa shape index (κ3) is 6.47. The van der Waals surface area contributed by atoms with E-state index in [1.165, 1.54) is 5.57 Å². The number of nitrogens with zero attached hydrogens (tertiary/aromatic N) is 3. The number of carbonyl (C=O) groups is 1. The maximum Gasteiger partial charge on any atom is 0.254 e. The smallest absolute Gasteiger partial charge is 0.254 e. The van der Waals surface area contributed by atoms with Crippen LogP contribution in [0.3, 0.4) is 0 Å². The summed E-state index contributed by atoms with van der Waals surface area (Å²) in [5.41, 5.74) is 9.43. The third-order valence-electron chi connectivity index (χ3n) is 6.59. The van der Waals surface area contributed by atoms with Crippen molar-refractivity contribution in [3.63, 3.8) is 0 Å². The molecule has 1 amide bonds. The SMILES string of the molecule is C\C=C/C(=C\C(C)=C\N=C(C)C)C1CCN(C(=O)c2cc(-c3nc(C)[nH]c3C)c(C)cc2C)CC1. The van der Waals surface area contributed by atoms with Crippen LogP contribution in [-0.2, 0) is 0 Å². The van der Waals surface area contributed by atoms with Gasteiger partial charge in [0.15, 0.2) is 0 Å². The van der Waals surface area contributed by atoms with Crippen LogP contribution in [0.15, 0.2) is 52.7 Å². The fourth-order valence-corrected chi connectivity index (χ4v) is 4.82. The molecule has 3 rings (SSSR count). The maximum absolute atomic E-state index is 13.6. The van der Waals surface area contributed by atoms with Gasteiger partial charge in [0.1, 0.15) is 5.82 Å². The van der Waals surface area contributed by atoms with Crippen LogP contribution in [0.2, 0.25) is 0 Å². The number of amides is 1. The number of allylic oxidation sites excluding steroid dienone is 5. The normalized spacial score (nSPS) is 15.7. The lowest BCUT2D eigenvalue weighted by Crippen LogP contribution is -2.39. The Bertz CT molecular complexity index is 1200. The van der Waals surface area contributed by atoms with E-state index in [-0.39, 0.29) is 5.91 Å². The number of aryl methyl sites for hydroxylation is 4. The molecule has 0 saturated carbocycles. The molecule has 0 spiro atoms. The van der Waals surface area contributed by atoms with Gasteiger partial charge < -0.3 is 9.88 Å². The zero-order valence-corrected chi connectivity index (χ0v) is 22.6. The van der Waals surface area contributed by atoms with E-state index in [2.05, 4.69) is 60.0 Å². The molecule has 5 nitrogen and oxygen atoms in total. The summed E-state index contributed by atoms with van der Waals surface area (Å²) in [6.07, 6.45) is 10.4. The maximum atomic E-state index is 13.6. The average molecular weight is 473 g/mol. The largest absolute Gasteiger partial charge is 0.346 e. The van der Waals surface area contributed by atoms with E-state index in [4.69, 9.17) is 0 Å². The van der Waals surface area contributed by atoms with Gasteiger partial charge in [0, 0.05) is 41.8 Å². The summed E-state index contributed by atoms with van der Waals surface area (Å²) in [6, 6.07) is 4.15. The highest BCUT2D eigenvalue weighted by Crippen LogP contribution is 2.31. The minimum atomic E-state index is 0.118. The first kappa shape index (κ1) is 26.4. The second-order valence-electron chi connectivity index (χ2n) is 9.94. The Hall–Kier alpha value is -3.21. The third-order valence-corrected chi connectivity index (χ3v) is 6.59. The number of aromatic nitrogens is 2. The minimum absolute atomic E-state index is 0.118. The summed E-state index contributed by atoms with van der Waals surface area (Å²) < 4.78 is 0. The minimum Gasteiger partial charge on any atom is -0.346 e. The van der Waals surface area contributed by atoms with E-state index < -0.39 is 0 Å². The van der Waals surface area contributed by atoms with Crippen LogP contribution in [0.1, 0.15) is 73.5 Å². The van der Waals surface area contributed by atoms with Gasteiger partial charge in [0.25, 0.3) is 5.91 Å². The predicted molar refractivity (Wildman–Crippen MR) is 147 cm³/mol. The first-order valence-corrected chi connectivity index (χ1v) is 12.6. The standard InChI is InChI=1S/C30H40N4O/c1-9-10-26(15-20(4)18-31-19(2)3)25-11-13-34(14-12-25)30(35)28-17-27(21(5)16-22(28)6)29-23(7)32-24(8)33-29/h9-10,15-18,25H,11-14H2,1-8H3,(H,32,33)/b10-9-,20-18+,26-15+. The van der Waals surface area contributed by atoms with E-state index in [0.717, 1.165) is 76.7 Å². The summed E-state index contributed by atoms with van der Waals surface area (Å²) in [6.45, 7) is 17.8. The van der Waals surface area contributed by atoms with Crippen LogP contribution in [0, 0.1) is 33.6 Å². The van der Waals surface area contributed by atoms with E-state index >= 15 is 0 Å². The lowest BCUT2D eigenvalue weighted by Gasteiger charge is -2.33. The van der Waals surface area contributed by atoms with Gasteiger partial charge >= 0.3 is 0 Å². The molecule has 0 atom stereocenters. The molecule has 1 aromatic heterocycles. The number of carbonyl (C=O) groups excluding carboxylic acids is 1. The van der Waals surface area contributed by atoms with Crippen molar-refractivity contribution in [2.45, 2.75) is 68.2 Å². The molecular weight excluding hydrogens is 432 g/mol. The molecule has 0 bridgehead atoms. The summed E-state index contributed by atoms with van der Waals surface area (Å²) in [5.74, 6) is 1.45. The van der Waals surface area contributed by atoms with Gasteiger partial charge in [-0.3, -0.25) is 9.79 Å². The number of aliphatic imine (C=N–C) groups is 1. The Morgan fingerprint density at radius 2 is 1.77 bits per heavy atom. The van der Waals surface area contributed by atoms with Gasteiger partial charge in [-0.2, -0.15) is 0 Å². The van der Waals surface area contributed by atoms with E-state index in [0.29, 0.717) is 5.92 Å². The van der Waals surface area contributed by atoms with Crippen LogP contribution < -0.4 is 0 Å². The molecule has 1 N–H and O–H groups in total. The fourth-order valence-electron chi connectivity index (χ4n) is 4.82. The van der Waals surface area contributed by atoms with Gasteiger partial charge in [-0.1, -0.05) is 24.3 Å². The molecular formula is C30H40N4O. The van der Waals surface area contributed by atoms with Crippen molar-refractivity contribution in [3.05, 3.63) is 75.9 Å². The van der Waals surface area contributed by atoms with Crippen LogP contribution in [-0.4, -0.2) is 39.6 Å².